The standard InChI is InChI=1S/C12H14O/c1-12(2)7-9-4-5-11(13-3)6-10(9)8-12/h4-6H,7H2,1-3H3. The molecule has 1 heteroatoms. The molecule has 0 aliphatic heterocycles. The summed E-state index contributed by atoms with van der Waals surface area (Å²) in [6, 6.07) is 6.21. The Morgan fingerprint density at radius 1 is 1.38 bits per heavy atom. The lowest BCUT2D eigenvalue weighted by Gasteiger charge is -2.13. The van der Waals surface area contributed by atoms with Gasteiger partial charge in [0, 0.05) is 6.42 Å². The molecule has 1 aliphatic carbocycles. The van der Waals surface area contributed by atoms with Gasteiger partial charge in [0.05, 0.1) is 7.11 Å². The maximum Gasteiger partial charge on any atom is 0.119 e. The molecule has 1 aromatic carbocycles. The third-order valence-corrected chi connectivity index (χ3v) is 2.42. The topological polar surface area (TPSA) is 9.23 Å². The third kappa shape index (κ3) is 1.55. The molecule has 0 N–H and O–H groups in total. The summed E-state index contributed by atoms with van der Waals surface area (Å²) in [4.78, 5) is 0. The van der Waals surface area contributed by atoms with Crippen LogP contribution in [-0.2, 0) is 6.42 Å². The molecule has 0 unspecified atom stereocenters. The van der Waals surface area contributed by atoms with E-state index in [1.807, 2.05) is 6.07 Å². The van der Waals surface area contributed by atoms with E-state index in [1.54, 1.807) is 7.11 Å². The van der Waals surface area contributed by atoms with Crippen LogP contribution in [0.1, 0.15) is 25.0 Å². The maximum atomic E-state index is 5.17. The van der Waals surface area contributed by atoms with Crippen LogP contribution in [0.25, 0.3) is 0 Å². The molecule has 0 saturated heterocycles. The first-order valence-corrected chi connectivity index (χ1v) is 4.56. The molecular weight excluding hydrogens is 160 g/mol. The van der Waals surface area contributed by atoms with Crippen molar-refractivity contribution in [1.29, 1.82) is 0 Å². The van der Waals surface area contributed by atoms with E-state index in [-0.39, 0.29) is 5.41 Å². The highest BCUT2D eigenvalue weighted by atomic mass is 16.5. The molecule has 1 aromatic rings. The molecule has 0 aromatic heterocycles. The van der Waals surface area contributed by atoms with Crippen molar-refractivity contribution in [3.8, 4) is 5.75 Å². The van der Waals surface area contributed by atoms with Crippen LogP contribution in [0.15, 0.2) is 18.2 Å². The Morgan fingerprint density at radius 2 is 2.15 bits per heavy atom. The van der Waals surface area contributed by atoms with Gasteiger partial charge in [0.25, 0.3) is 0 Å². The number of hydrogen-bond acceptors (Lipinski definition) is 1. The Morgan fingerprint density at radius 3 is 2.85 bits per heavy atom. The molecule has 0 fully saturated rings. The summed E-state index contributed by atoms with van der Waals surface area (Å²) >= 11 is 0. The summed E-state index contributed by atoms with van der Waals surface area (Å²) in [5.41, 5.74) is 2.78. The van der Waals surface area contributed by atoms with Crippen molar-refractivity contribution in [2.45, 2.75) is 20.3 Å². The molecule has 1 aliphatic rings. The Kier molecular flexibility index (Phi) is 1.83. The first kappa shape index (κ1) is 8.61. The zero-order chi connectivity index (χ0) is 9.47. The normalized spacial score (nSPS) is 18.4. The van der Waals surface area contributed by atoms with E-state index in [9.17, 15) is 0 Å². The van der Waals surface area contributed by atoms with E-state index < -0.39 is 0 Å². The molecule has 0 spiro atoms. The van der Waals surface area contributed by atoms with E-state index in [4.69, 9.17) is 4.74 Å². The number of hydrogen-bond donors (Lipinski definition) is 0. The number of fused-ring (bicyclic) bond motifs is 1. The number of benzene rings is 1. The first-order chi connectivity index (χ1) is 6.11. The molecule has 0 bridgehead atoms. The largest absolute Gasteiger partial charge is 0.497 e. The second-order valence-electron chi connectivity index (χ2n) is 4.21. The second-order valence-corrected chi connectivity index (χ2v) is 4.21. The van der Waals surface area contributed by atoms with E-state index in [0.29, 0.717) is 0 Å². The number of methoxy groups -OCH3 is 1. The molecule has 2 rings (SSSR count). The van der Waals surface area contributed by atoms with Crippen LogP contribution in [-0.4, -0.2) is 7.11 Å². The van der Waals surface area contributed by atoms with Crippen molar-refractivity contribution in [3.05, 3.63) is 35.7 Å². The average molecular weight is 174 g/mol. The van der Waals surface area contributed by atoms with Gasteiger partial charge in [0.15, 0.2) is 0 Å². The zero-order valence-electron chi connectivity index (χ0n) is 8.35. The summed E-state index contributed by atoms with van der Waals surface area (Å²) in [5, 5.41) is 0. The molecule has 0 heterocycles. The van der Waals surface area contributed by atoms with Crippen molar-refractivity contribution in [3.63, 3.8) is 0 Å². The van der Waals surface area contributed by atoms with Crippen LogP contribution in [0, 0.1) is 11.8 Å². The molecule has 13 heavy (non-hydrogen) atoms. The second kappa shape index (κ2) is 2.76. The van der Waals surface area contributed by atoms with Gasteiger partial charge in [0.1, 0.15) is 5.75 Å². The minimum absolute atomic E-state index is 0.189. The van der Waals surface area contributed by atoms with Gasteiger partial charge in [-0.1, -0.05) is 19.9 Å². The van der Waals surface area contributed by atoms with Crippen LogP contribution in [0.5, 0.6) is 5.75 Å². The third-order valence-electron chi connectivity index (χ3n) is 2.42. The van der Waals surface area contributed by atoms with E-state index in [2.05, 4.69) is 32.4 Å². The molecule has 0 saturated carbocycles. The Labute approximate surface area is 79.7 Å². The molecule has 1 nitrogen and oxygen atoms in total. The first-order valence-electron chi connectivity index (χ1n) is 4.56. The van der Waals surface area contributed by atoms with Crippen molar-refractivity contribution >= 4 is 0 Å². The van der Waals surface area contributed by atoms with Crippen LogP contribution in [0.2, 0.25) is 0 Å². The van der Waals surface area contributed by atoms with Crippen molar-refractivity contribution < 1.29 is 4.74 Å². The number of ether oxygens (including phenoxy) is 1. The summed E-state index contributed by atoms with van der Waals surface area (Å²) in [5.74, 6) is 0.920. The van der Waals surface area contributed by atoms with E-state index in [0.717, 1.165) is 12.2 Å². The molecule has 2 radical (unpaired) electrons. The van der Waals surface area contributed by atoms with Gasteiger partial charge < -0.3 is 4.74 Å². The van der Waals surface area contributed by atoms with Gasteiger partial charge in [-0.25, -0.2) is 0 Å². The fourth-order valence-electron chi connectivity index (χ4n) is 1.84. The smallest absolute Gasteiger partial charge is 0.119 e. The Balaban J connectivity index is 2.36. The minimum atomic E-state index is 0.189. The van der Waals surface area contributed by atoms with Gasteiger partial charge >= 0.3 is 0 Å². The monoisotopic (exact) mass is 174 g/mol. The molecule has 68 valence electrons. The summed E-state index contributed by atoms with van der Waals surface area (Å²) < 4.78 is 5.17. The van der Waals surface area contributed by atoms with Gasteiger partial charge in [-0.2, -0.15) is 0 Å². The zero-order valence-corrected chi connectivity index (χ0v) is 8.35. The van der Waals surface area contributed by atoms with Gasteiger partial charge in [-0.05, 0) is 35.1 Å². The predicted molar refractivity (Wildman–Crippen MR) is 52.8 cm³/mol. The Bertz CT molecular complexity index is 326. The predicted octanol–water partition coefficient (Wildman–Crippen LogP) is 2.71. The highest BCUT2D eigenvalue weighted by Crippen LogP contribution is 2.39. The van der Waals surface area contributed by atoms with Crippen LogP contribution in [0.4, 0.5) is 0 Å². The fraction of sp³-hybridized carbons (Fsp3) is 0.417. The van der Waals surface area contributed by atoms with E-state index >= 15 is 0 Å². The average Bonchev–Trinajstić information content (AvgIpc) is 2.36. The Hall–Kier alpha value is -0.980. The van der Waals surface area contributed by atoms with E-state index in [1.165, 1.54) is 11.1 Å². The number of rotatable bonds is 1. The minimum Gasteiger partial charge on any atom is -0.497 e. The lowest BCUT2D eigenvalue weighted by molar-refractivity contribution is 0.414. The van der Waals surface area contributed by atoms with Crippen LogP contribution in [0.3, 0.4) is 0 Å². The lowest BCUT2D eigenvalue weighted by Crippen LogP contribution is -2.07. The summed E-state index contributed by atoms with van der Waals surface area (Å²) in [6.45, 7) is 4.42. The molecule has 0 atom stereocenters. The van der Waals surface area contributed by atoms with Gasteiger partial charge in [-0.15, -0.1) is 0 Å². The van der Waals surface area contributed by atoms with Crippen molar-refractivity contribution in [2.24, 2.45) is 5.41 Å². The highest BCUT2D eigenvalue weighted by Gasteiger charge is 2.29. The van der Waals surface area contributed by atoms with Crippen molar-refractivity contribution in [2.75, 3.05) is 7.11 Å². The summed E-state index contributed by atoms with van der Waals surface area (Å²) in [6.07, 6.45) is 4.56. The van der Waals surface area contributed by atoms with Gasteiger partial charge in [0.2, 0.25) is 0 Å². The van der Waals surface area contributed by atoms with Crippen LogP contribution < -0.4 is 4.74 Å². The SMILES string of the molecule is COc1ccc2c(c1)[C]C(C)(C)C2. The van der Waals surface area contributed by atoms with Crippen LogP contribution >= 0.6 is 0 Å². The highest BCUT2D eigenvalue weighted by molar-refractivity contribution is 5.45. The maximum absolute atomic E-state index is 5.17. The molecule has 0 amide bonds. The lowest BCUT2D eigenvalue weighted by atomic mass is 9.90. The molecular formula is C12H14O. The quantitative estimate of drug-likeness (QED) is 0.636. The fourth-order valence-corrected chi connectivity index (χ4v) is 1.84. The van der Waals surface area contributed by atoms with Gasteiger partial charge in [-0.3, -0.25) is 0 Å². The summed E-state index contributed by atoms with van der Waals surface area (Å²) in [7, 11) is 1.70. The van der Waals surface area contributed by atoms with Crippen molar-refractivity contribution in [1.82, 2.24) is 0 Å².